The quantitative estimate of drug-likeness (QED) is 0.455. The molecule has 10 heteroatoms. The van der Waals surface area contributed by atoms with Gasteiger partial charge in [-0.05, 0) is 43.3 Å². The molecule has 3 heterocycles. The molecule has 1 aliphatic rings. The number of nitrogens with one attached hydrogen (secondary N) is 1. The van der Waals surface area contributed by atoms with Gasteiger partial charge in [-0.2, -0.15) is 11.8 Å². The Labute approximate surface area is 193 Å². The Morgan fingerprint density at radius 2 is 1.79 bits per heavy atom. The molecule has 1 fully saturated rings. The molecular formula is C23H22N6O3S. The number of hydrogen-bond donors (Lipinski definition) is 1. The van der Waals surface area contributed by atoms with Crippen LogP contribution in [-0.2, 0) is 11.3 Å². The Balaban J connectivity index is 1.50. The van der Waals surface area contributed by atoms with Gasteiger partial charge in [-0.1, -0.05) is 12.1 Å². The number of carbonyl (C=O) groups is 2. The molecule has 0 saturated carbocycles. The van der Waals surface area contributed by atoms with Gasteiger partial charge in [0.2, 0.25) is 11.6 Å². The number of rotatable bonds is 5. The van der Waals surface area contributed by atoms with Crippen LogP contribution in [0.3, 0.4) is 0 Å². The van der Waals surface area contributed by atoms with Gasteiger partial charge in [0.25, 0.3) is 0 Å². The minimum absolute atomic E-state index is 0.0481. The standard InChI is InChI=1S/C23H22N6O3S/c1-15(30)16-6-8-17(9-7-16)24-20(31)14-28-23(32)29-19-5-3-2-4-18(19)25-21(22(29)26-28)27-10-12-33-13-11-27/h2-9H,10-14H2,1H3,(H,24,31). The molecule has 0 unspecified atom stereocenters. The number of carbonyl (C=O) groups excluding carboxylic acids is 2. The van der Waals surface area contributed by atoms with E-state index in [9.17, 15) is 14.4 Å². The molecule has 1 aliphatic heterocycles. The number of Topliss-reactive ketones (excluding diaryl/α,β-unsaturated/α-hetero) is 1. The van der Waals surface area contributed by atoms with Crippen molar-refractivity contribution in [3.63, 3.8) is 0 Å². The summed E-state index contributed by atoms with van der Waals surface area (Å²) in [5.41, 5.74) is 2.52. The lowest BCUT2D eigenvalue weighted by Crippen LogP contribution is -2.33. The van der Waals surface area contributed by atoms with Crippen molar-refractivity contribution >= 4 is 51.6 Å². The third kappa shape index (κ3) is 4.09. The van der Waals surface area contributed by atoms with E-state index in [-0.39, 0.29) is 18.2 Å². The van der Waals surface area contributed by atoms with Crippen molar-refractivity contribution < 1.29 is 9.59 Å². The summed E-state index contributed by atoms with van der Waals surface area (Å²) >= 11 is 1.89. The SMILES string of the molecule is CC(=O)c1ccc(NC(=O)Cn2nc3c(N4CCSCC4)nc4ccccc4n3c2=O)cc1. The number of benzene rings is 2. The van der Waals surface area contributed by atoms with Crippen LogP contribution in [0.25, 0.3) is 16.7 Å². The van der Waals surface area contributed by atoms with E-state index in [0.29, 0.717) is 33.7 Å². The second-order valence-electron chi connectivity index (χ2n) is 7.80. The van der Waals surface area contributed by atoms with Gasteiger partial charge < -0.3 is 10.2 Å². The van der Waals surface area contributed by atoms with Crippen LogP contribution in [0.1, 0.15) is 17.3 Å². The van der Waals surface area contributed by atoms with Crippen molar-refractivity contribution in [2.45, 2.75) is 13.5 Å². The van der Waals surface area contributed by atoms with E-state index < -0.39 is 5.69 Å². The lowest BCUT2D eigenvalue weighted by Gasteiger charge is -2.27. The van der Waals surface area contributed by atoms with Gasteiger partial charge in [0.05, 0.1) is 11.0 Å². The number of para-hydroxylation sites is 2. The fourth-order valence-electron chi connectivity index (χ4n) is 3.90. The molecule has 9 nitrogen and oxygen atoms in total. The highest BCUT2D eigenvalue weighted by atomic mass is 32.2. The fourth-order valence-corrected chi connectivity index (χ4v) is 4.80. The first kappa shape index (κ1) is 21.2. The maximum absolute atomic E-state index is 13.3. The Kier molecular flexibility index (Phi) is 5.59. The first-order chi connectivity index (χ1) is 16.0. The van der Waals surface area contributed by atoms with Gasteiger partial charge in [0, 0.05) is 35.8 Å². The highest BCUT2D eigenvalue weighted by Gasteiger charge is 2.22. The molecule has 1 amide bonds. The van der Waals surface area contributed by atoms with Crippen LogP contribution >= 0.6 is 11.8 Å². The molecule has 5 rings (SSSR count). The summed E-state index contributed by atoms with van der Waals surface area (Å²) in [6.07, 6.45) is 0. The van der Waals surface area contributed by atoms with E-state index >= 15 is 0 Å². The molecule has 0 aliphatic carbocycles. The maximum atomic E-state index is 13.3. The summed E-state index contributed by atoms with van der Waals surface area (Å²) in [5, 5.41) is 7.26. The highest BCUT2D eigenvalue weighted by molar-refractivity contribution is 7.99. The number of nitrogens with zero attached hydrogens (tertiary/aromatic N) is 5. The van der Waals surface area contributed by atoms with Gasteiger partial charge in [-0.15, -0.1) is 5.10 Å². The van der Waals surface area contributed by atoms with Crippen LogP contribution in [0.2, 0.25) is 0 Å². The Morgan fingerprint density at radius 1 is 1.06 bits per heavy atom. The fraction of sp³-hybridized carbons (Fsp3) is 0.261. The maximum Gasteiger partial charge on any atom is 0.351 e. The summed E-state index contributed by atoms with van der Waals surface area (Å²) in [6.45, 7) is 2.89. The number of ketones is 1. The third-order valence-electron chi connectivity index (χ3n) is 5.57. The number of amides is 1. The minimum atomic E-state index is -0.390. The smallest absolute Gasteiger partial charge is 0.351 e. The molecule has 33 heavy (non-hydrogen) atoms. The van der Waals surface area contributed by atoms with Crippen molar-refractivity contribution in [2.24, 2.45) is 0 Å². The van der Waals surface area contributed by atoms with Crippen molar-refractivity contribution in [1.29, 1.82) is 0 Å². The molecule has 1 N–H and O–H groups in total. The van der Waals surface area contributed by atoms with Crippen molar-refractivity contribution in [3.05, 3.63) is 64.6 Å². The van der Waals surface area contributed by atoms with Gasteiger partial charge >= 0.3 is 5.69 Å². The van der Waals surface area contributed by atoms with E-state index in [1.807, 2.05) is 36.0 Å². The second-order valence-corrected chi connectivity index (χ2v) is 9.03. The zero-order valence-electron chi connectivity index (χ0n) is 18.0. The molecule has 4 aromatic rings. The highest BCUT2D eigenvalue weighted by Crippen LogP contribution is 2.24. The van der Waals surface area contributed by atoms with Gasteiger partial charge in [0.1, 0.15) is 6.54 Å². The first-order valence-corrected chi connectivity index (χ1v) is 11.8. The summed E-state index contributed by atoms with van der Waals surface area (Å²) in [7, 11) is 0. The first-order valence-electron chi connectivity index (χ1n) is 10.6. The molecule has 168 valence electrons. The monoisotopic (exact) mass is 462 g/mol. The van der Waals surface area contributed by atoms with E-state index in [4.69, 9.17) is 4.98 Å². The zero-order valence-corrected chi connectivity index (χ0v) is 18.8. The van der Waals surface area contributed by atoms with Crippen LogP contribution in [0.15, 0.2) is 53.3 Å². The zero-order chi connectivity index (χ0) is 22.9. The van der Waals surface area contributed by atoms with Crippen molar-refractivity contribution in [1.82, 2.24) is 19.2 Å². The molecule has 2 aromatic heterocycles. The molecule has 0 spiro atoms. The third-order valence-corrected chi connectivity index (χ3v) is 6.51. The van der Waals surface area contributed by atoms with Crippen LogP contribution in [-0.4, -0.2) is 55.5 Å². The molecule has 2 aromatic carbocycles. The second kappa shape index (κ2) is 8.70. The molecule has 1 saturated heterocycles. The Bertz CT molecular complexity index is 1420. The minimum Gasteiger partial charge on any atom is -0.352 e. The number of fused-ring (bicyclic) bond motifs is 3. The number of hydrogen-bond acceptors (Lipinski definition) is 7. The topological polar surface area (TPSA) is 102 Å². The van der Waals surface area contributed by atoms with Gasteiger partial charge in [-0.3, -0.25) is 9.59 Å². The molecule has 0 bridgehead atoms. The van der Waals surface area contributed by atoms with Crippen molar-refractivity contribution in [2.75, 3.05) is 34.8 Å². The van der Waals surface area contributed by atoms with Crippen LogP contribution < -0.4 is 15.9 Å². The van der Waals surface area contributed by atoms with Crippen LogP contribution in [0.4, 0.5) is 11.5 Å². The summed E-state index contributed by atoms with van der Waals surface area (Å²) in [6, 6.07) is 14.1. The van der Waals surface area contributed by atoms with Crippen molar-refractivity contribution in [3.8, 4) is 0 Å². The number of thioether (sulfide) groups is 1. The van der Waals surface area contributed by atoms with E-state index in [2.05, 4.69) is 15.3 Å². The molecule has 0 atom stereocenters. The van der Waals surface area contributed by atoms with Gasteiger partial charge in [-0.25, -0.2) is 18.9 Å². The summed E-state index contributed by atoms with van der Waals surface area (Å²) in [5.74, 6) is 2.19. The van der Waals surface area contributed by atoms with E-state index in [1.54, 1.807) is 24.3 Å². The predicted molar refractivity (Wildman–Crippen MR) is 129 cm³/mol. The lowest BCUT2D eigenvalue weighted by molar-refractivity contribution is -0.117. The largest absolute Gasteiger partial charge is 0.352 e. The average molecular weight is 463 g/mol. The van der Waals surface area contributed by atoms with E-state index in [1.165, 1.54) is 16.0 Å². The average Bonchev–Trinajstić information content (AvgIpc) is 3.15. The normalized spacial score (nSPS) is 14.0. The molecular weight excluding hydrogens is 440 g/mol. The van der Waals surface area contributed by atoms with E-state index in [0.717, 1.165) is 24.6 Å². The summed E-state index contributed by atoms with van der Waals surface area (Å²) < 4.78 is 2.71. The van der Waals surface area contributed by atoms with Gasteiger partial charge in [0.15, 0.2) is 11.6 Å². The van der Waals surface area contributed by atoms with Crippen LogP contribution in [0.5, 0.6) is 0 Å². The van der Waals surface area contributed by atoms with Crippen LogP contribution in [0, 0.1) is 0 Å². The number of anilines is 2. The number of aromatic nitrogens is 4. The Hall–Kier alpha value is -3.66. The Morgan fingerprint density at radius 3 is 2.52 bits per heavy atom. The summed E-state index contributed by atoms with van der Waals surface area (Å²) in [4.78, 5) is 44.3. The predicted octanol–water partition coefficient (Wildman–Crippen LogP) is 2.44. The molecule has 0 radical (unpaired) electrons. The lowest BCUT2D eigenvalue weighted by atomic mass is 10.1.